The van der Waals surface area contributed by atoms with Crippen LogP contribution >= 0.6 is 0 Å². The molecule has 0 atom stereocenters. The molecule has 0 aliphatic carbocycles. The SMILES string of the molecule is CNc1cnc(-c2ncnn2C)cn1. The second-order valence-corrected chi connectivity index (χ2v) is 2.74. The van der Waals surface area contributed by atoms with Crippen LogP contribution in [-0.4, -0.2) is 31.8 Å². The summed E-state index contributed by atoms with van der Waals surface area (Å²) in [5.41, 5.74) is 0.712. The monoisotopic (exact) mass is 190 g/mol. The number of nitrogens with zero attached hydrogens (tertiary/aromatic N) is 5. The van der Waals surface area contributed by atoms with Gasteiger partial charge in [-0.1, -0.05) is 0 Å². The maximum atomic E-state index is 4.20. The summed E-state index contributed by atoms with van der Waals surface area (Å²) in [6, 6.07) is 0. The molecule has 6 nitrogen and oxygen atoms in total. The van der Waals surface area contributed by atoms with E-state index in [1.165, 1.54) is 6.33 Å². The van der Waals surface area contributed by atoms with Crippen LogP contribution in [0.25, 0.3) is 11.5 Å². The molecule has 0 saturated carbocycles. The standard InChI is InChI=1S/C8H10N6/c1-9-7-4-10-6(3-11-7)8-12-5-13-14(8)2/h3-5H,1-2H3,(H,9,11). The zero-order valence-electron chi connectivity index (χ0n) is 7.97. The third-order valence-corrected chi connectivity index (χ3v) is 1.85. The summed E-state index contributed by atoms with van der Waals surface area (Å²) in [4.78, 5) is 12.4. The van der Waals surface area contributed by atoms with Gasteiger partial charge in [0.15, 0.2) is 5.82 Å². The van der Waals surface area contributed by atoms with Crippen molar-refractivity contribution in [3.8, 4) is 11.5 Å². The molecule has 0 saturated heterocycles. The molecule has 0 radical (unpaired) electrons. The number of aryl methyl sites for hydroxylation is 1. The fourth-order valence-electron chi connectivity index (χ4n) is 1.10. The molecule has 72 valence electrons. The van der Waals surface area contributed by atoms with Crippen LogP contribution in [0, 0.1) is 0 Å². The molecule has 6 heteroatoms. The van der Waals surface area contributed by atoms with Crippen molar-refractivity contribution < 1.29 is 0 Å². The first-order valence-electron chi connectivity index (χ1n) is 4.15. The number of rotatable bonds is 2. The van der Waals surface area contributed by atoms with Crippen molar-refractivity contribution >= 4 is 5.82 Å². The van der Waals surface area contributed by atoms with Crippen LogP contribution in [0.2, 0.25) is 0 Å². The van der Waals surface area contributed by atoms with Crippen LogP contribution in [-0.2, 0) is 7.05 Å². The molecule has 0 spiro atoms. The highest BCUT2D eigenvalue weighted by molar-refractivity contribution is 5.48. The number of aromatic nitrogens is 5. The Hall–Kier alpha value is -1.98. The molecule has 1 N–H and O–H groups in total. The van der Waals surface area contributed by atoms with Gasteiger partial charge in [-0.15, -0.1) is 0 Å². The third kappa shape index (κ3) is 1.41. The maximum absolute atomic E-state index is 4.20. The third-order valence-electron chi connectivity index (χ3n) is 1.85. The van der Waals surface area contributed by atoms with Gasteiger partial charge >= 0.3 is 0 Å². The van der Waals surface area contributed by atoms with Gasteiger partial charge < -0.3 is 5.32 Å². The first-order valence-corrected chi connectivity index (χ1v) is 4.15. The average molecular weight is 190 g/mol. The highest BCUT2D eigenvalue weighted by Gasteiger charge is 2.05. The predicted octanol–water partition coefficient (Wildman–Crippen LogP) is 0.314. The lowest BCUT2D eigenvalue weighted by Crippen LogP contribution is -1.98. The van der Waals surface area contributed by atoms with Gasteiger partial charge in [-0.25, -0.2) is 19.6 Å². The average Bonchev–Trinajstić information content (AvgIpc) is 2.65. The Morgan fingerprint density at radius 2 is 2.07 bits per heavy atom. The highest BCUT2D eigenvalue weighted by Crippen LogP contribution is 2.11. The zero-order valence-corrected chi connectivity index (χ0v) is 7.97. The van der Waals surface area contributed by atoms with Crippen molar-refractivity contribution in [3.63, 3.8) is 0 Å². The van der Waals surface area contributed by atoms with Crippen molar-refractivity contribution in [2.45, 2.75) is 0 Å². The van der Waals surface area contributed by atoms with Crippen LogP contribution in [0.4, 0.5) is 5.82 Å². The van der Waals surface area contributed by atoms with Gasteiger partial charge in [0.1, 0.15) is 17.8 Å². The summed E-state index contributed by atoms with van der Waals surface area (Å²) >= 11 is 0. The minimum atomic E-state index is 0.708. The van der Waals surface area contributed by atoms with Crippen molar-refractivity contribution in [1.29, 1.82) is 0 Å². The summed E-state index contributed by atoms with van der Waals surface area (Å²) in [5.74, 6) is 1.44. The second kappa shape index (κ2) is 3.41. The Labute approximate surface area is 81.0 Å². The highest BCUT2D eigenvalue weighted by atomic mass is 15.3. The quantitative estimate of drug-likeness (QED) is 0.738. The van der Waals surface area contributed by atoms with Crippen LogP contribution in [0.5, 0.6) is 0 Å². The van der Waals surface area contributed by atoms with Crippen LogP contribution in [0.1, 0.15) is 0 Å². The molecule has 0 unspecified atom stereocenters. The van der Waals surface area contributed by atoms with Gasteiger partial charge in [0.25, 0.3) is 0 Å². The molecule has 0 amide bonds. The van der Waals surface area contributed by atoms with Crippen molar-refractivity contribution in [3.05, 3.63) is 18.7 Å². The fraction of sp³-hybridized carbons (Fsp3) is 0.250. The van der Waals surface area contributed by atoms with Crippen molar-refractivity contribution in [2.75, 3.05) is 12.4 Å². The van der Waals surface area contributed by atoms with E-state index in [9.17, 15) is 0 Å². The predicted molar refractivity (Wildman–Crippen MR) is 51.6 cm³/mol. The van der Waals surface area contributed by atoms with E-state index in [-0.39, 0.29) is 0 Å². The minimum absolute atomic E-state index is 0.708. The molecule has 14 heavy (non-hydrogen) atoms. The largest absolute Gasteiger partial charge is 0.372 e. The van der Waals surface area contributed by atoms with Gasteiger partial charge in [0, 0.05) is 14.1 Å². The van der Waals surface area contributed by atoms with Crippen molar-refractivity contribution in [1.82, 2.24) is 24.7 Å². The molecule has 0 aliphatic rings. The smallest absolute Gasteiger partial charge is 0.178 e. The summed E-state index contributed by atoms with van der Waals surface area (Å²) in [5, 5.41) is 6.86. The molecular weight excluding hydrogens is 180 g/mol. The fourth-order valence-corrected chi connectivity index (χ4v) is 1.10. The summed E-state index contributed by atoms with van der Waals surface area (Å²) in [6.07, 6.45) is 4.81. The first kappa shape index (κ1) is 8.61. The van der Waals surface area contributed by atoms with Crippen LogP contribution < -0.4 is 5.32 Å². The Morgan fingerprint density at radius 3 is 2.57 bits per heavy atom. The van der Waals surface area contributed by atoms with Gasteiger partial charge in [0.2, 0.25) is 0 Å². The minimum Gasteiger partial charge on any atom is -0.372 e. The summed E-state index contributed by atoms with van der Waals surface area (Å²) in [6.45, 7) is 0. The number of nitrogens with one attached hydrogen (secondary N) is 1. The van der Waals surface area contributed by atoms with E-state index in [4.69, 9.17) is 0 Å². The lowest BCUT2D eigenvalue weighted by atomic mass is 10.4. The molecule has 2 aromatic rings. The molecule has 0 aliphatic heterocycles. The summed E-state index contributed by atoms with van der Waals surface area (Å²) in [7, 11) is 3.61. The van der Waals surface area contributed by atoms with E-state index < -0.39 is 0 Å². The van der Waals surface area contributed by atoms with Gasteiger partial charge in [-0.3, -0.25) is 0 Å². The van der Waals surface area contributed by atoms with Crippen LogP contribution in [0.3, 0.4) is 0 Å². The van der Waals surface area contributed by atoms with E-state index in [0.717, 1.165) is 5.82 Å². The Kier molecular flexibility index (Phi) is 2.10. The number of anilines is 1. The normalized spacial score (nSPS) is 10.1. The topological polar surface area (TPSA) is 68.5 Å². The van der Waals surface area contributed by atoms with E-state index in [2.05, 4.69) is 25.4 Å². The van der Waals surface area contributed by atoms with Crippen LogP contribution in [0.15, 0.2) is 18.7 Å². The zero-order chi connectivity index (χ0) is 9.97. The van der Waals surface area contributed by atoms with Gasteiger partial charge in [0.05, 0.1) is 12.4 Å². The van der Waals surface area contributed by atoms with E-state index in [1.807, 2.05) is 7.05 Å². The van der Waals surface area contributed by atoms with E-state index >= 15 is 0 Å². The molecule has 0 bridgehead atoms. The maximum Gasteiger partial charge on any atom is 0.178 e. The van der Waals surface area contributed by atoms with Gasteiger partial charge in [-0.05, 0) is 0 Å². The molecule has 2 aromatic heterocycles. The Morgan fingerprint density at radius 1 is 1.21 bits per heavy atom. The molecule has 0 aromatic carbocycles. The molecule has 2 heterocycles. The Balaban J connectivity index is 2.39. The molecular formula is C8H10N6. The van der Waals surface area contributed by atoms with E-state index in [0.29, 0.717) is 11.5 Å². The molecule has 0 fully saturated rings. The second-order valence-electron chi connectivity index (χ2n) is 2.74. The lowest BCUT2D eigenvalue weighted by molar-refractivity contribution is 0.771. The van der Waals surface area contributed by atoms with Crippen molar-refractivity contribution in [2.24, 2.45) is 7.05 Å². The number of hydrogen-bond acceptors (Lipinski definition) is 5. The van der Waals surface area contributed by atoms with E-state index in [1.54, 1.807) is 24.1 Å². The lowest BCUT2D eigenvalue weighted by Gasteiger charge is -2.00. The molecule has 2 rings (SSSR count). The van der Waals surface area contributed by atoms with Gasteiger partial charge in [-0.2, -0.15) is 5.10 Å². The first-order chi connectivity index (χ1) is 6.81. The summed E-state index contributed by atoms with van der Waals surface area (Å²) < 4.78 is 1.66. The number of hydrogen-bond donors (Lipinski definition) is 1. The Bertz CT molecular complexity index is 418.